The SMILES string of the molecule is CCOc1ccc2nc(NC(=O)CC3CC4CCC(C3)N4)sc2c1. The number of carbonyl (C=O) groups excluding carboxylic acids is 1. The molecule has 2 atom stereocenters. The Hall–Kier alpha value is -1.66. The molecule has 6 heteroatoms. The van der Waals surface area contributed by atoms with E-state index in [4.69, 9.17) is 4.74 Å². The summed E-state index contributed by atoms with van der Waals surface area (Å²) in [4.78, 5) is 16.9. The molecule has 2 bridgehead atoms. The molecule has 128 valence electrons. The summed E-state index contributed by atoms with van der Waals surface area (Å²) in [5, 5.41) is 7.29. The maximum Gasteiger partial charge on any atom is 0.226 e. The fourth-order valence-corrected chi connectivity index (χ4v) is 4.90. The monoisotopic (exact) mass is 345 g/mol. The Morgan fingerprint density at radius 1 is 1.38 bits per heavy atom. The van der Waals surface area contributed by atoms with Gasteiger partial charge in [-0.1, -0.05) is 11.3 Å². The van der Waals surface area contributed by atoms with Gasteiger partial charge in [-0.15, -0.1) is 0 Å². The summed E-state index contributed by atoms with van der Waals surface area (Å²) < 4.78 is 6.55. The molecule has 2 unspecified atom stereocenters. The van der Waals surface area contributed by atoms with Gasteiger partial charge in [0.15, 0.2) is 5.13 Å². The number of ether oxygens (including phenoxy) is 1. The zero-order chi connectivity index (χ0) is 16.5. The van der Waals surface area contributed by atoms with Crippen LogP contribution in [-0.4, -0.2) is 29.6 Å². The van der Waals surface area contributed by atoms with Crippen LogP contribution >= 0.6 is 11.3 Å². The van der Waals surface area contributed by atoms with Crippen molar-refractivity contribution >= 4 is 32.6 Å². The highest BCUT2D eigenvalue weighted by molar-refractivity contribution is 7.22. The number of hydrogen-bond donors (Lipinski definition) is 2. The van der Waals surface area contributed by atoms with E-state index >= 15 is 0 Å². The topological polar surface area (TPSA) is 63.2 Å². The lowest BCUT2D eigenvalue weighted by molar-refractivity contribution is -0.117. The minimum atomic E-state index is 0.0883. The summed E-state index contributed by atoms with van der Waals surface area (Å²) in [7, 11) is 0. The van der Waals surface area contributed by atoms with Crippen LogP contribution in [0.25, 0.3) is 10.2 Å². The van der Waals surface area contributed by atoms with E-state index in [2.05, 4.69) is 15.6 Å². The molecule has 4 rings (SSSR count). The van der Waals surface area contributed by atoms with Crippen molar-refractivity contribution in [2.24, 2.45) is 5.92 Å². The first kappa shape index (κ1) is 15.8. The maximum absolute atomic E-state index is 12.4. The number of hydrogen-bond acceptors (Lipinski definition) is 5. The van der Waals surface area contributed by atoms with Gasteiger partial charge >= 0.3 is 0 Å². The minimum absolute atomic E-state index is 0.0883. The second kappa shape index (κ2) is 6.69. The molecule has 0 aliphatic carbocycles. The van der Waals surface area contributed by atoms with Gasteiger partial charge in [-0.05, 0) is 56.7 Å². The molecule has 1 aromatic heterocycles. The highest BCUT2D eigenvalue weighted by Crippen LogP contribution is 2.33. The molecule has 24 heavy (non-hydrogen) atoms. The number of benzene rings is 1. The van der Waals surface area contributed by atoms with E-state index in [-0.39, 0.29) is 5.91 Å². The van der Waals surface area contributed by atoms with E-state index in [1.807, 2.05) is 25.1 Å². The number of thiazole rings is 1. The van der Waals surface area contributed by atoms with Crippen LogP contribution in [0.3, 0.4) is 0 Å². The van der Waals surface area contributed by atoms with E-state index in [0.29, 0.717) is 36.2 Å². The smallest absolute Gasteiger partial charge is 0.226 e. The molecule has 1 amide bonds. The lowest BCUT2D eigenvalue weighted by Crippen LogP contribution is -2.39. The summed E-state index contributed by atoms with van der Waals surface area (Å²) in [6.45, 7) is 2.61. The van der Waals surface area contributed by atoms with Crippen molar-refractivity contribution in [1.29, 1.82) is 0 Å². The molecule has 0 radical (unpaired) electrons. The minimum Gasteiger partial charge on any atom is -0.494 e. The van der Waals surface area contributed by atoms with Gasteiger partial charge in [0, 0.05) is 18.5 Å². The second-order valence-corrected chi connectivity index (χ2v) is 7.84. The van der Waals surface area contributed by atoms with Crippen LogP contribution in [0.4, 0.5) is 5.13 Å². The quantitative estimate of drug-likeness (QED) is 0.870. The fraction of sp³-hybridized carbons (Fsp3) is 0.556. The molecule has 2 saturated heterocycles. The molecular weight excluding hydrogens is 322 g/mol. The van der Waals surface area contributed by atoms with E-state index in [1.54, 1.807) is 0 Å². The van der Waals surface area contributed by atoms with Crippen molar-refractivity contribution in [3.63, 3.8) is 0 Å². The van der Waals surface area contributed by atoms with Crippen LogP contribution in [0.15, 0.2) is 18.2 Å². The lowest BCUT2D eigenvalue weighted by Gasteiger charge is -2.28. The average Bonchev–Trinajstić information content (AvgIpc) is 3.09. The number of amides is 1. The van der Waals surface area contributed by atoms with Crippen molar-refractivity contribution in [2.75, 3.05) is 11.9 Å². The lowest BCUT2D eigenvalue weighted by atomic mass is 9.89. The van der Waals surface area contributed by atoms with Crippen LogP contribution < -0.4 is 15.4 Å². The molecular formula is C18H23N3O2S. The van der Waals surface area contributed by atoms with E-state index in [0.717, 1.165) is 28.8 Å². The van der Waals surface area contributed by atoms with Crippen molar-refractivity contribution < 1.29 is 9.53 Å². The van der Waals surface area contributed by atoms with Gasteiger partial charge in [0.2, 0.25) is 5.91 Å². The van der Waals surface area contributed by atoms with Crippen LogP contribution in [0.5, 0.6) is 5.75 Å². The zero-order valence-electron chi connectivity index (χ0n) is 13.9. The van der Waals surface area contributed by atoms with Crippen LogP contribution in [0.2, 0.25) is 0 Å². The number of nitrogens with one attached hydrogen (secondary N) is 2. The number of fused-ring (bicyclic) bond motifs is 3. The molecule has 0 spiro atoms. The van der Waals surface area contributed by atoms with Crippen molar-refractivity contribution in [3.05, 3.63) is 18.2 Å². The van der Waals surface area contributed by atoms with Gasteiger partial charge in [-0.3, -0.25) is 4.79 Å². The standard InChI is InChI=1S/C18H23N3O2S/c1-2-23-14-5-6-15-16(10-14)24-18(20-15)21-17(22)9-11-7-12-3-4-13(8-11)19-12/h5-6,10-13,19H,2-4,7-9H2,1H3,(H,20,21,22). The average molecular weight is 345 g/mol. The van der Waals surface area contributed by atoms with Gasteiger partial charge in [0.05, 0.1) is 16.8 Å². The first-order valence-electron chi connectivity index (χ1n) is 8.79. The Labute approximate surface area is 145 Å². The summed E-state index contributed by atoms with van der Waals surface area (Å²) >= 11 is 1.51. The Morgan fingerprint density at radius 3 is 2.92 bits per heavy atom. The number of aromatic nitrogens is 1. The van der Waals surface area contributed by atoms with E-state index < -0.39 is 0 Å². The zero-order valence-corrected chi connectivity index (χ0v) is 14.7. The number of nitrogens with zero attached hydrogens (tertiary/aromatic N) is 1. The van der Waals surface area contributed by atoms with Crippen molar-refractivity contribution in [2.45, 2.75) is 51.1 Å². The summed E-state index contributed by atoms with van der Waals surface area (Å²) in [6, 6.07) is 7.09. The number of anilines is 1. The number of piperidine rings is 1. The van der Waals surface area contributed by atoms with Crippen molar-refractivity contribution in [1.82, 2.24) is 10.3 Å². The van der Waals surface area contributed by atoms with E-state index in [1.165, 1.54) is 24.2 Å². The third-order valence-corrected chi connectivity index (χ3v) is 5.90. The first-order chi connectivity index (χ1) is 11.7. The maximum atomic E-state index is 12.4. The molecule has 2 aromatic rings. The van der Waals surface area contributed by atoms with Gasteiger partial charge in [-0.2, -0.15) is 0 Å². The Morgan fingerprint density at radius 2 is 2.17 bits per heavy atom. The Kier molecular flexibility index (Phi) is 4.41. The summed E-state index contributed by atoms with van der Waals surface area (Å²) in [5.41, 5.74) is 0.902. The third-order valence-electron chi connectivity index (χ3n) is 4.96. The van der Waals surface area contributed by atoms with Crippen LogP contribution in [-0.2, 0) is 4.79 Å². The molecule has 5 nitrogen and oxygen atoms in total. The predicted octanol–water partition coefficient (Wildman–Crippen LogP) is 3.55. The van der Waals surface area contributed by atoms with E-state index in [9.17, 15) is 4.79 Å². The van der Waals surface area contributed by atoms with Gasteiger partial charge in [0.25, 0.3) is 0 Å². The van der Waals surface area contributed by atoms with Crippen LogP contribution in [0, 0.1) is 5.92 Å². The predicted molar refractivity (Wildman–Crippen MR) is 96.7 cm³/mol. The first-order valence-corrected chi connectivity index (χ1v) is 9.60. The van der Waals surface area contributed by atoms with Crippen molar-refractivity contribution in [3.8, 4) is 5.75 Å². The van der Waals surface area contributed by atoms with Gasteiger partial charge in [0.1, 0.15) is 5.75 Å². The largest absolute Gasteiger partial charge is 0.494 e. The normalized spacial score (nSPS) is 25.8. The van der Waals surface area contributed by atoms with Gasteiger partial charge in [-0.25, -0.2) is 4.98 Å². The Balaban J connectivity index is 1.39. The Bertz CT molecular complexity index is 733. The molecule has 2 fully saturated rings. The molecule has 2 aliphatic heterocycles. The summed E-state index contributed by atoms with van der Waals surface area (Å²) in [6.07, 6.45) is 5.39. The molecule has 2 aliphatic rings. The van der Waals surface area contributed by atoms with Gasteiger partial charge < -0.3 is 15.4 Å². The highest BCUT2D eigenvalue weighted by Gasteiger charge is 2.34. The molecule has 2 N–H and O–H groups in total. The second-order valence-electron chi connectivity index (χ2n) is 6.81. The fourth-order valence-electron chi connectivity index (χ4n) is 3.99. The molecule has 1 aromatic carbocycles. The molecule has 3 heterocycles. The number of carbonyl (C=O) groups is 1. The summed E-state index contributed by atoms with van der Waals surface area (Å²) in [5.74, 6) is 1.43. The highest BCUT2D eigenvalue weighted by atomic mass is 32.1. The number of rotatable bonds is 5. The van der Waals surface area contributed by atoms with Crippen LogP contribution in [0.1, 0.15) is 39.0 Å². The molecule has 0 saturated carbocycles. The third kappa shape index (κ3) is 3.39.